The third kappa shape index (κ3) is 5.46. The number of hydrogen-bond donors (Lipinski definition) is 1. The lowest BCUT2D eigenvalue weighted by Crippen LogP contribution is -2.25. The Morgan fingerprint density at radius 1 is 1.03 bits per heavy atom. The minimum absolute atomic E-state index is 0.143. The van der Waals surface area contributed by atoms with Crippen LogP contribution in [-0.4, -0.2) is 30.1 Å². The number of aromatic nitrogens is 1. The number of anilines is 1. The molecule has 2 aliphatic rings. The number of fused-ring (bicyclic) bond motifs is 4. The molecular formula is C32H35N3O2. The van der Waals surface area contributed by atoms with Crippen molar-refractivity contribution < 1.29 is 9.53 Å². The molecule has 5 nitrogen and oxygen atoms in total. The lowest BCUT2D eigenvalue weighted by atomic mass is 10.0. The van der Waals surface area contributed by atoms with Crippen LogP contribution in [0.3, 0.4) is 0 Å². The average Bonchev–Trinajstić information content (AvgIpc) is 3.11. The number of unbranched alkanes of at least 4 members (excludes halogenated alkanes) is 2. The highest BCUT2D eigenvalue weighted by molar-refractivity contribution is 5.99. The second-order valence-electron chi connectivity index (χ2n) is 9.83. The molecule has 0 bridgehead atoms. The van der Waals surface area contributed by atoms with Crippen molar-refractivity contribution in [3.8, 4) is 5.75 Å². The van der Waals surface area contributed by atoms with E-state index in [4.69, 9.17) is 4.74 Å². The molecule has 0 spiro atoms. The van der Waals surface area contributed by atoms with Crippen molar-refractivity contribution in [1.82, 2.24) is 10.3 Å². The van der Waals surface area contributed by atoms with Gasteiger partial charge >= 0.3 is 0 Å². The lowest BCUT2D eigenvalue weighted by Gasteiger charge is -2.25. The third-order valence-electron chi connectivity index (χ3n) is 6.98. The van der Waals surface area contributed by atoms with Gasteiger partial charge in [0.1, 0.15) is 11.9 Å². The highest BCUT2D eigenvalue weighted by Crippen LogP contribution is 2.41. The van der Waals surface area contributed by atoms with Gasteiger partial charge in [0.05, 0.1) is 5.52 Å². The molecule has 0 saturated carbocycles. The molecule has 37 heavy (non-hydrogen) atoms. The topological polar surface area (TPSA) is 54.5 Å². The molecule has 1 aliphatic carbocycles. The molecule has 2 heterocycles. The van der Waals surface area contributed by atoms with Gasteiger partial charge in [-0.2, -0.15) is 0 Å². The Hall–Kier alpha value is -3.86. The SMILES string of the molecule is CCCCN(CCCC)c1ccc2c(c1)C1=CC(NC(=O)c3ccc4nc(C)ccc4c3)=CC=CC1O2. The number of carbonyl (C=O) groups is 1. The van der Waals surface area contributed by atoms with E-state index in [0.29, 0.717) is 5.56 Å². The van der Waals surface area contributed by atoms with Crippen LogP contribution < -0.4 is 15.0 Å². The van der Waals surface area contributed by atoms with Crippen molar-refractivity contribution in [2.24, 2.45) is 0 Å². The summed E-state index contributed by atoms with van der Waals surface area (Å²) in [6.45, 7) is 8.55. The van der Waals surface area contributed by atoms with E-state index in [1.54, 1.807) is 0 Å². The summed E-state index contributed by atoms with van der Waals surface area (Å²) < 4.78 is 6.26. The van der Waals surface area contributed by atoms with Crippen LogP contribution in [0.5, 0.6) is 5.75 Å². The zero-order valence-electron chi connectivity index (χ0n) is 22.0. The normalized spacial score (nSPS) is 15.8. The summed E-state index contributed by atoms with van der Waals surface area (Å²) in [6.07, 6.45) is 12.5. The Morgan fingerprint density at radius 2 is 1.84 bits per heavy atom. The average molecular weight is 494 g/mol. The molecule has 1 aliphatic heterocycles. The molecule has 0 fully saturated rings. The fourth-order valence-electron chi connectivity index (χ4n) is 4.89. The zero-order valence-corrected chi connectivity index (χ0v) is 22.0. The maximum atomic E-state index is 13.2. The molecule has 1 atom stereocenters. The van der Waals surface area contributed by atoms with Crippen LogP contribution in [0.25, 0.3) is 16.5 Å². The first-order chi connectivity index (χ1) is 18.1. The number of ether oxygens (including phenoxy) is 1. The molecule has 5 rings (SSSR count). The number of nitrogens with one attached hydrogen (secondary N) is 1. The number of hydrogen-bond acceptors (Lipinski definition) is 4. The third-order valence-corrected chi connectivity index (χ3v) is 6.98. The first-order valence-corrected chi connectivity index (χ1v) is 13.4. The van der Waals surface area contributed by atoms with Gasteiger partial charge < -0.3 is 15.0 Å². The second-order valence-corrected chi connectivity index (χ2v) is 9.83. The number of nitrogens with zero attached hydrogens (tertiary/aromatic N) is 2. The molecule has 0 saturated heterocycles. The van der Waals surface area contributed by atoms with Crippen LogP contribution in [0.1, 0.15) is 61.1 Å². The smallest absolute Gasteiger partial charge is 0.255 e. The molecule has 3 aromatic rings. The van der Waals surface area contributed by atoms with Gasteiger partial charge in [-0.1, -0.05) is 38.8 Å². The van der Waals surface area contributed by atoms with Crippen LogP contribution in [0, 0.1) is 6.92 Å². The number of allylic oxidation sites excluding steroid dienone is 3. The van der Waals surface area contributed by atoms with E-state index in [9.17, 15) is 4.79 Å². The van der Waals surface area contributed by atoms with E-state index in [-0.39, 0.29) is 12.0 Å². The van der Waals surface area contributed by atoms with E-state index >= 15 is 0 Å². The number of carbonyl (C=O) groups excluding carboxylic acids is 1. The van der Waals surface area contributed by atoms with E-state index in [0.717, 1.165) is 52.3 Å². The Morgan fingerprint density at radius 3 is 2.62 bits per heavy atom. The van der Waals surface area contributed by atoms with Gasteiger partial charge in [0.15, 0.2) is 0 Å². The highest BCUT2D eigenvalue weighted by Gasteiger charge is 2.29. The quantitative estimate of drug-likeness (QED) is 0.349. The lowest BCUT2D eigenvalue weighted by molar-refractivity contribution is 0.0967. The number of pyridine rings is 1. The fraction of sp³-hybridized carbons (Fsp3) is 0.312. The summed E-state index contributed by atoms with van der Waals surface area (Å²) in [6, 6.07) is 16.1. The van der Waals surface area contributed by atoms with Gasteiger partial charge in [0, 0.05) is 52.3 Å². The highest BCUT2D eigenvalue weighted by atomic mass is 16.5. The van der Waals surface area contributed by atoms with Crippen LogP contribution in [0.4, 0.5) is 5.69 Å². The largest absolute Gasteiger partial charge is 0.481 e. The number of amides is 1. The standard InChI is InChI=1S/C32H35N3O2/c1-4-6-17-35(18-7-5-2)26-14-16-31-28(21-26)27-20-25(9-8-10-30(27)37-31)34-32(36)24-13-15-29-23(19-24)12-11-22(3)33-29/h8-16,19-21,30H,4-7,17-18H2,1-3H3,(H,34,36). The molecule has 0 radical (unpaired) electrons. The van der Waals surface area contributed by atoms with Gasteiger partial charge in [-0.25, -0.2) is 0 Å². The number of rotatable bonds is 9. The molecule has 2 aromatic carbocycles. The minimum Gasteiger partial charge on any atom is -0.481 e. The molecular weight excluding hydrogens is 458 g/mol. The van der Waals surface area contributed by atoms with Gasteiger partial charge in [0.2, 0.25) is 0 Å². The Bertz CT molecular complexity index is 1390. The first kappa shape index (κ1) is 24.8. The van der Waals surface area contributed by atoms with E-state index in [2.05, 4.69) is 47.2 Å². The Labute approximate surface area is 219 Å². The summed E-state index contributed by atoms with van der Waals surface area (Å²) >= 11 is 0. The number of aryl methyl sites for hydroxylation is 1. The van der Waals surface area contributed by atoms with E-state index in [1.807, 2.05) is 61.6 Å². The molecule has 190 valence electrons. The van der Waals surface area contributed by atoms with Crippen molar-refractivity contribution >= 4 is 28.1 Å². The molecule has 5 heteroatoms. The molecule has 1 amide bonds. The predicted molar refractivity (Wildman–Crippen MR) is 152 cm³/mol. The predicted octanol–water partition coefficient (Wildman–Crippen LogP) is 6.98. The molecule has 1 aromatic heterocycles. The van der Waals surface area contributed by atoms with Gasteiger partial charge in [-0.05, 0) is 80.5 Å². The summed E-state index contributed by atoms with van der Waals surface area (Å²) in [5, 5.41) is 4.05. The van der Waals surface area contributed by atoms with Gasteiger partial charge in [-0.3, -0.25) is 9.78 Å². The first-order valence-electron chi connectivity index (χ1n) is 13.4. The summed E-state index contributed by atoms with van der Waals surface area (Å²) in [5.41, 5.74) is 6.60. The summed E-state index contributed by atoms with van der Waals surface area (Å²) in [7, 11) is 0. The van der Waals surface area contributed by atoms with Crippen molar-refractivity contribution in [2.75, 3.05) is 18.0 Å². The second kappa shape index (κ2) is 11.0. The van der Waals surface area contributed by atoms with E-state index in [1.165, 1.54) is 31.4 Å². The van der Waals surface area contributed by atoms with Crippen LogP contribution >= 0.6 is 0 Å². The van der Waals surface area contributed by atoms with Crippen molar-refractivity contribution in [2.45, 2.75) is 52.6 Å². The minimum atomic E-state index is -0.161. The van der Waals surface area contributed by atoms with Crippen molar-refractivity contribution in [3.63, 3.8) is 0 Å². The Balaban J connectivity index is 1.39. The molecule has 1 N–H and O–H groups in total. The van der Waals surface area contributed by atoms with Crippen molar-refractivity contribution in [3.05, 3.63) is 95.4 Å². The van der Waals surface area contributed by atoms with Crippen LogP contribution in [-0.2, 0) is 0 Å². The van der Waals surface area contributed by atoms with E-state index < -0.39 is 0 Å². The maximum absolute atomic E-state index is 13.2. The van der Waals surface area contributed by atoms with Crippen molar-refractivity contribution in [1.29, 1.82) is 0 Å². The Kier molecular flexibility index (Phi) is 7.40. The zero-order chi connectivity index (χ0) is 25.8. The van der Waals surface area contributed by atoms with Crippen LogP contribution in [0.15, 0.2) is 78.5 Å². The maximum Gasteiger partial charge on any atom is 0.255 e. The van der Waals surface area contributed by atoms with Crippen LogP contribution in [0.2, 0.25) is 0 Å². The van der Waals surface area contributed by atoms with Gasteiger partial charge in [-0.15, -0.1) is 0 Å². The monoisotopic (exact) mass is 493 g/mol. The summed E-state index contributed by atoms with van der Waals surface area (Å²) in [4.78, 5) is 20.2. The van der Waals surface area contributed by atoms with Gasteiger partial charge in [0.25, 0.3) is 5.91 Å². The fourth-order valence-corrected chi connectivity index (χ4v) is 4.89. The number of benzene rings is 2. The molecule has 1 unspecified atom stereocenters. The summed E-state index contributed by atoms with van der Waals surface area (Å²) in [5.74, 6) is 0.746.